The Morgan fingerprint density at radius 3 is 1.44 bits per heavy atom. The van der Waals surface area contributed by atoms with Crippen molar-refractivity contribution in [2.75, 3.05) is 13.2 Å². The zero-order chi connectivity index (χ0) is 36.8. The van der Waals surface area contributed by atoms with Crippen molar-refractivity contribution in [3.8, 4) is 0 Å². The van der Waals surface area contributed by atoms with Crippen molar-refractivity contribution in [1.82, 2.24) is 0 Å². The van der Waals surface area contributed by atoms with Gasteiger partial charge in [0, 0.05) is 12.8 Å². The Bertz CT molecular complexity index is 915. The maximum absolute atomic E-state index is 12.0. The van der Waals surface area contributed by atoms with Crippen LogP contribution in [0.25, 0.3) is 0 Å². The molecule has 2 atom stereocenters. The van der Waals surface area contributed by atoms with Gasteiger partial charge in [-0.2, -0.15) is 0 Å². The average molecular weight is 701 g/mol. The summed E-state index contributed by atoms with van der Waals surface area (Å²) in [6.45, 7) is 6.28. The van der Waals surface area contributed by atoms with Crippen LogP contribution in [0.3, 0.4) is 0 Å². The van der Waals surface area contributed by atoms with Crippen molar-refractivity contribution in [2.24, 2.45) is 5.92 Å². The fourth-order valence-electron chi connectivity index (χ4n) is 5.38. The van der Waals surface area contributed by atoms with Crippen LogP contribution in [0.1, 0.15) is 175 Å². The van der Waals surface area contributed by atoms with Gasteiger partial charge in [-0.3, -0.25) is 9.59 Å². The maximum Gasteiger partial charge on any atom is 0.305 e. The molecule has 50 heavy (non-hydrogen) atoms. The first-order chi connectivity index (χ1) is 24.3. The van der Waals surface area contributed by atoms with E-state index >= 15 is 0 Å². The highest BCUT2D eigenvalue weighted by Gasteiger charge is 2.12. The summed E-state index contributed by atoms with van der Waals surface area (Å²) in [7, 11) is 0. The number of aliphatic hydroxyl groups is 2. The average Bonchev–Trinajstić information content (AvgIpc) is 3.10. The molecule has 0 saturated carbocycles. The SMILES string of the molecule is CC[C@H](O)/C=C/C=C\C/C=C\C/C=C\C/C=C\CCCC(=O)OC[C@H](O)COC(=O)CCCCCCCCCCCCCCCCCC(C)C. The number of rotatable bonds is 35. The molecule has 0 spiro atoms. The lowest BCUT2D eigenvalue weighted by Gasteiger charge is -2.12. The van der Waals surface area contributed by atoms with Gasteiger partial charge >= 0.3 is 11.9 Å². The summed E-state index contributed by atoms with van der Waals surface area (Å²) in [5.74, 6) is 0.200. The Labute approximate surface area is 307 Å². The molecule has 6 nitrogen and oxygen atoms in total. The number of carbonyl (C=O) groups is 2. The van der Waals surface area contributed by atoms with E-state index in [2.05, 4.69) is 56.4 Å². The van der Waals surface area contributed by atoms with E-state index in [-0.39, 0.29) is 31.3 Å². The zero-order valence-corrected chi connectivity index (χ0v) is 32.4. The molecule has 0 aromatic carbocycles. The van der Waals surface area contributed by atoms with Gasteiger partial charge in [-0.1, -0.05) is 178 Å². The van der Waals surface area contributed by atoms with Gasteiger partial charge in [-0.05, 0) is 50.9 Å². The molecule has 2 N–H and O–H groups in total. The van der Waals surface area contributed by atoms with E-state index in [0.29, 0.717) is 19.3 Å². The van der Waals surface area contributed by atoms with Crippen LogP contribution in [0.15, 0.2) is 60.8 Å². The Hall–Kier alpha value is -2.44. The minimum atomic E-state index is -0.997. The predicted octanol–water partition coefficient (Wildman–Crippen LogP) is 11.6. The Kier molecular flexibility index (Phi) is 36.0. The van der Waals surface area contributed by atoms with Crippen molar-refractivity contribution in [3.63, 3.8) is 0 Å². The van der Waals surface area contributed by atoms with Crippen molar-refractivity contribution in [1.29, 1.82) is 0 Å². The third-order valence-electron chi connectivity index (χ3n) is 8.60. The molecule has 0 aliphatic rings. The molecule has 288 valence electrons. The lowest BCUT2D eigenvalue weighted by molar-refractivity contribution is -0.152. The molecule has 0 aromatic rings. The molecule has 0 amide bonds. The van der Waals surface area contributed by atoms with Gasteiger partial charge in [0.1, 0.15) is 19.3 Å². The monoisotopic (exact) mass is 701 g/mol. The highest BCUT2D eigenvalue weighted by molar-refractivity contribution is 5.69. The largest absolute Gasteiger partial charge is 0.463 e. The number of hydrogen-bond donors (Lipinski definition) is 2. The summed E-state index contributed by atoms with van der Waals surface area (Å²) in [5.41, 5.74) is 0. The summed E-state index contributed by atoms with van der Waals surface area (Å²) in [6.07, 6.45) is 45.2. The lowest BCUT2D eigenvalue weighted by Crippen LogP contribution is -2.25. The number of esters is 2. The number of hydrogen-bond acceptors (Lipinski definition) is 6. The van der Waals surface area contributed by atoms with E-state index in [1.54, 1.807) is 6.08 Å². The summed E-state index contributed by atoms with van der Waals surface area (Å²) >= 11 is 0. The topological polar surface area (TPSA) is 93.1 Å². The lowest BCUT2D eigenvalue weighted by atomic mass is 10.0. The van der Waals surface area contributed by atoms with Crippen LogP contribution in [0, 0.1) is 5.92 Å². The standard InChI is InChI=1S/C44H76O6/c1-4-41(45)35-31-27-23-19-15-11-8-9-13-17-21-25-29-33-37-44(48)50-39-42(46)38-49-43(47)36-32-28-24-20-16-12-7-5-6-10-14-18-22-26-30-34-40(2)3/h9,11,13,15,21,23,25,27,31,35,40-42,45-46H,4-8,10,12,14,16-20,22,24,26,28-30,32-34,36-39H2,1-3H3/b13-9-,15-11-,25-21-,27-23-,35-31+/t41-,42+/m0/s1. The third-order valence-corrected chi connectivity index (χ3v) is 8.60. The highest BCUT2D eigenvalue weighted by Crippen LogP contribution is 2.15. The molecule has 0 aliphatic heterocycles. The van der Waals surface area contributed by atoms with Gasteiger partial charge in [-0.15, -0.1) is 0 Å². The number of carbonyl (C=O) groups excluding carboxylic acids is 2. The number of allylic oxidation sites excluding steroid dienone is 9. The van der Waals surface area contributed by atoms with Crippen LogP contribution >= 0.6 is 0 Å². The third kappa shape index (κ3) is 38.4. The number of unbranched alkanes of at least 4 members (excludes halogenated alkanes) is 15. The van der Waals surface area contributed by atoms with E-state index in [0.717, 1.165) is 57.3 Å². The molecule has 0 radical (unpaired) electrons. The van der Waals surface area contributed by atoms with Crippen molar-refractivity contribution < 1.29 is 29.3 Å². The Balaban J connectivity index is 3.54. The minimum absolute atomic E-state index is 0.143. The van der Waals surface area contributed by atoms with Crippen LogP contribution in [0.5, 0.6) is 0 Å². The second-order valence-corrected chi connectivity index (χ2v) is 14.1. The van der Waals surface area contributed by atoms with Crippen LogP contribution in [-0.4, -0.2) is 47.6 Å². The van der Waals surface area contributed by atoms with Crippen LogP contribution in [0.4, 0.5) is 0 Å². The first-order valence-corrected chi connectivity index (χ1v) is 20.3. The van der Waals surface area contributed by atoms with Gasteiger partial charge < -0.3 is 19.7 Å². The van der Waals surface area contributed by atoms with Crippen molar-refractivity contribution in [2.45, 2.75) is 187 Å². The van der Waals surface area contributed by atoms with Crippen LogP contribution < -0.4 is 0 Å². The summed E-state index contributed by atoms with van der Waals surface area (Å²) in [5, 5.41) is 19.4. The minimum Gasteiger partial charge on any atom is -0.463 e. The molecule has 0 saturated heterocycles. The normalized spacial score (nSPS) is 13.6. The van der Waals surface area contributed by atoms with Crippen molar-refractivity contribution >= 4 is 11.9 Å². The smallest absolute Gasteiger partial charge is 0.305 e. The zero-order valence-electron chi connectivity index (χ0n) is 32.4. The van der Waals surface area contributed by atoms with Gasteiger partial charge in [0.25, 0.3) is 0 Å². The quantitative estimate of drug-likeness (QED) is 0.0296. The van der Waals surface area contributed by atoms with Gasteiger partial charge in [-0.25, -0.2) is 0 Å². The van der Waals surface area contributed by atoms with E-state index in [9.17, 15) is 19.8 Å². The maximum atomic E-state index is 12.0. The van der Waals surface area contributed by atoms with E-state index < -0.39 is 6.10 Å². The Morgan fingerprint density at radius 2 is 0.960 bits per heavy atom. The van der Waals surface area contributed by atoms with Gasteiger partial charge in [0.15, 0.2) is 0 Å². The van der Waals surface area contributed by atoms with Gasteiger partial charge in [0.2, 0.25) is 0 Å². The highest BCUT2D eigenvalue weighted by atomic mass is 16.6. The molecule has 0 aromatic heterocycles. The summed E-state index contributed by atoms with van der Waals surface area (Å²) < 4.78 is 10.3. The first-order valence-electron chi connectivity index (χ1n) is 20.3. The summed E-state index contributed by atoms with van der Waals surface area (Å²) in [4.78, 5) is 23.9. The van der Waals surface area contributed by atoms with Crippen LogP contribution in [0.2, 0.25) is 0 Å². The van der Waals surface area contributed by atoms with E-state index in [1.165, 1.54) is 83.5 Å². The fraction of sp³-hybridized carbons (Fsp3) is 0.727. The molecule has 0 unspecified atom stereocenters. The van der Waals surface area contributed by atoms with E-state index in [1.807, 2.05) is 19.1 Å². The molecule has 6 heteroatoms. The molecule has 0 heterocycles. The predicted molar refractivity (Wildman–Crippen MR) is 211 cm³/mol. The molecule has 0 fully saturated rings. The number of ether oxygens (including phenoxy) is 2. The second-order valence-electron chi connectivity index (χ2n) is 14.1. The molecular weight excluding hydrogens is 624 g/mol. The Morgan fingerprint density at radius 1 is 0.540 bits per heavy atom. The first kappa shape index (κ1) is 47.6. The fourth-order valence-corrected chi connectivity index (χ4v) is 5.38. The summed E-state index contributed by atoms with van der Waals surface area (Å²) in [6, 6.07) is 0. The van der Waals surface area contributed by atoms with Crippen molar-refractivity contribution in [3.05, 3.63) is 60.8 Å². The molecule has 0 bridgehead atoms. The molecule has 0 aliphatic carbocycles. The molecule has 0 rings (SSSR count). The van der Waals surface area contributed by atoms with Gasteiger partial charge in [0.05, 0.1) is 6.10 Å². The van der Waals surface area contributed by atoms with E-state index in [4.69, 9.17) is 9.47 Å². The van der Waals surface area contributed by atoms with Crippen LogP contribution in [-0.2, 0) is 19.1 Å². The molecular formula is C44H76O6. The second kappa shape index (κ2) is 37.8. The number of aliphatic hydroxyl groups excluding tert-OH is 2.